The average Bonchev–Trinajstić information content (AvgIpc) is 3.39. The lowest BCUT2D eigenvalue weighted by Crippen LogP contribution is -2.39. The molecule has 26 heavy (non-hydrogen) atoms. The van der Waals surface area contributed by atoms with Crippen molar-refractivity contribution in [2.45, 2.75) is 24.8 Å². The van der Waals surface area contributed by atoms with Gasteiger partial charge in [-0.1, -0.05) is 42.5 Å². The van der Waals surface area contributed by atoms with E-state index in [-0.39, 0.29) is 11.4 Å². The van der Waals surface area contributed by atoms with Crippen LogP contribution in [-0.4, -0.2) is 27.2 Å². The van der Waals surface area contributed by atoms with Gasteiger partial charge in [-0.15, -0.1) is 0 Å². The molecule has 1 aliphatic carbocycles. The Labute approximate surface area is 154 Å². The highest BCUT2D eigenvalue weighted by atomic mass is 32.2. The predicted molar refractivity (Wildman–Crippen MR) is 103 cm³/mol. The second kappa shape index (κ2) is 7.37. The molecule has 0 aromatic heterocycles. The predicted octanol–water partition coefficient (Wildman–Crippen LogP) is 2.59. The molecule has 0 heterocycles. The Morgan fingerprint density at radius 3 is 2.42 bits per heavy atom. The van der Waals surface area contributed by atoms with E-state index in [2.05, 4.69) is 27.5 Å². The van der Waals surface area contributed by atoms with E-state index in [4.69, 9.17) is 0 Å². The van der Waals surface area contributed by atoms with Crippen molar-refractivity contribution in [1.82, 2.24) is 10.6 Å². The summed E-state index contributed by atoms with van der Waals surface area (Å²) in [5.41, 5.74) is 2.63. The average molecular weight is 373 g/mol. The lowest BCUT2D eigenvalue weighted by Gasteiger charge is -2.17. The van der Waals surface area contributed by atoms with Gasteiger partial charge in [0.1, 0.15) is 0 Å². The Morgan fingerprint density at radius 1 is 1.04 bits per heavy atom. The normalized spacial score (nSPS) is 15.1. The summed E-state index contributed by atoms with van der Waals surface area (Å²) >= 11 is 0. The Bertz CT molecular complexity index is 878. The standard InChI is InChI=1S/C19H23N3O3S/c1-26(24,25)22-17-9-5-6-15(12-17)13-20-18(23)21-14-19(10-11-19)16-7-3-2-4-8-16/h2-9,12,22H,10-11,13-14H2,1H3,(H2,20,21,23). The molecule has 2 aromatic rings. The third-order valence-electron chi connectivity index (χ3n) is 4.51. The SMILES string of the molecule is CS(=O)(=O)Nc1cccc(CNC(=O)NCC2(c3ccccc3)CC2)c1. The fraction of sp³-hybridized carbons (Fsp3) is 0.316. The zero-order valence-corrected chi connectivity index (χ0v) is 15.5. The van der Waals surface area contributed by atoms with Crippen molar-refractivity contribution in [3.05, 3.63) is 65.7 Å². The Balaban J connectivity index is 1.50. The van der Waals surface area contributed by atoms with Crippen molar-refractivity contribution in [1.29, 1.82) is 0 Å². The first-order valence-corrected chi connectivity index (χ1v) is 10.4. The van der Waals surface area contributed by atoms with Gasteiger partial charge >= 0.3 is 6.03 Å². The lowest BCUT2D eigenvalue weighted by atomic mass is 9.96. The summed E-state index contributed by atoms with van der Waals surface area (Å²) in [6, 6.07) is 17.0. The van der Waals surface area contributed by atoms with E-state index >= 15 is 0 Å². The summed E-state index contributed by atoms with van der Waals surface area (Å²) in [5.74, 6) is 0. The molecule has 3 rings (SSSR count). The number of hydrogen-bond donors (Lipinski definition) is 3. The van der Waals surface area contributed by atoms with Gasteiger partial charge in [0, 0.05) is 24.2 Å². The summed E-state index contributed by atoms with van der Waals surface area (Å²) in [6.45, 7) is 0.933. The minimum atomic E-state index is -3.32. The molecule has 0 bridgehead atoms. The molecule has 0 atom stereocenters. The zero-order valence-electron chi connectivity index (χ0n) is 14.7. The number of amides is 2. The largest absolute Gasteiger partial charge is 0.337 e. The third kappa shape index (κ3) is 4.98. The summed E-state index contributed by atoms with van der Waals surface area (Å²) < 4.78 is 25.0. The molecule has 7 heteroatoms. The van der Waals surface area contributed by atoms with Gasteiger partial charge in [0.2, 0.25) is 10.0 Å². The van der Waals surface area contributed by atoms with Gasteiger partial charge in [-0.2, -0.15) is 0 Å². The number of sulfonamides is 1. The van der Waals surface area contributed by atoms with Gasteiger partial charge in [0.25, 0.3) is 0 Å². The van der Waals surface area contributed by atoms with Crippen LogP contribution < -0.4 is 15.4 Å². The van der Waals surface area contributed by atoms with E-state index in [1.54, 1.807) is 18.2 Å². The molecule has 3 N–H and O–H groups in total. The second-order valence-corrected chi connectivity index (χ2v) is 8.51. The molecule has 6 nitrogen and oxygen atoms in total. The first-order chi connectivity index (χ1) is 12.4. The van der Waals surface area contributed by atoms with Crippen LogP contribution in [0.1, 0.15) is 24.0 Å². The van der Waals surface area contributed by atoms with E-state index in [1.807, 2.05) is 24.3 Å². The van der Waals surface area contributed by atoms with Crippen molar-refractivity contribution < 1.29 is 13.2 Å². The monoisotopic (exact) mass is 373 g/mol. The van der Waals surface area contributed by atoms with E-state index in [1.165, 1.54) is 5.56 Å². The first kappa shape index (κ1) is 18.3. The van der Waals surface area contributed by atoms with Gasteiger partial charge in [0.05, 0.1) is 6.26 Å². The van der Waals surface area contributed by atoms with Crippen LogP contribution in [0.2, 0.25) is 0 Å². The van der Waals surface area contributed by atoms with Gasteiger partial charge in [0.15, 0.2) is 0 Å². The fourth-order valence-electron chi connectivity index (χ4n) is 2.96. The van der Waals surface area contributed by atoms with Crippen LogP contribution in [-0.2, 0) is 22.0 Å². The van der Waals surface area contributed by atoms with Crippen molar-refractivity contribution >= 4 is 21.7 Å². The zero-order chi connectivity index (χ0) is 18.6. The van der Waals surface area contributed by atoms with Crippen molar-refractivity contribution in [3.8, 4) is 0 Å². The maximum Gasteiger partial charge on any atom is 0.315 e. The molecule has 0 saturated heterocycles. The van der Waals surface area contributed by atoms with E-state index in [9.17, 15) is 13.2 Å². The summed E-state index contributed by atoms with van der Waals surface area (Å²) in [5, 5.41) is 5.76. The number of benzene rings is 2. The van der Waals surface area contributed by atoms with Crippen LogP contribution in [0.3, 0.4) is 0 Å². The summed E-state index contributed by atoms with van der Waals surface area (Å²) in [7, 11) is -3.32. The number of carbonyl (C=O) groups is 1. The number of urea groups is 1. The number of hydrogen-bond acceptors (Lipinski definition) is 3. The van der Waals surface area contributed by atoms with Gasteiger partial charge in [-0.05, 0) is 36.1 Å². The highest BCUT2D eigenvalue weighted by molar-refractivity contribution is 7.92. The number of rotatable bonds is 7. The van der Waals surface area contributed by atoms with Gasteiger partial charge in [-0.3, -0.25) is 4.72 Å². The summed E-state index contributed by atoms with van der Waals surface area (Å²) in [4.78, 5) is 12.1. The van der Waals surface area contributed by atoms with Crippen LogP contribution in [0.15, 0.2) is 54.6 Å². The smallest absolute Gasteiger partial charge is 0.315 e. The quantitative estimate of drug-likeness (QED) is 0.697. The first-order valence-electron chi connectivity index (χ1n) is 8.50. The van der Waals surface area contributed by atoms with Crippen molar-refractivity contribution in [2.75, 3.05) is 17.5 Å². The highest BCUT2D eigenvalue weighted by Crippen LogP contribution is 2.47. The second-order valence-electron chi connectivity index (χ2n) is 6.76. The molecule has 0 unspecified atom stereocenters. The van der Waals surface area contributed by atoms with Crippen molar-refractivity contribution in [3.63, 3.8) is 0 Å². The molecule has 0 aliphatic heterocycles. The van der Waals surface area contributed by atoms with E-state index in [0.717, 1.165) is 24.7 Å². The molecule has 138 valence electrons. The molecule has 2 amide bonds. The van der Waals surface area contributed by atoms with Crippen LogP contribution in [0.25, 0.3) is 0 Å². The number of anilines is 1. The van der Waals surface area contributed by atoms with Crippen LogP contribution in [0.4, 0.5) is 10.5 Å². The molecule has 2 aromatic carbocycles. The van der Waals surface area contributed by atoms with Crippen LogP contribution in [0.5, 0.6) is 0 Å². The fourth-order valence-corrected chi connectivity index (χ4v) is 3.52. The molecule has 0 spiro atoms. The Hall–Kier alpha value is -2.54. The van der Waals surface area contributed by atoms with Crippen LogP contribution >= 0.6 is 0 Å². The summed E-state index contributed by atoms with van der Waals surface area (Å²) in [6.07, 6.45) is 3.26. The molecule has 0 radical (unpaired) electrons. The van der Waals surface area contributed by atoms with E-state index < -0.39 is 10.0 Å². The third-order valence-corrected chi connectivity index (χ3v) is 5.12. The van der Waals surface area contributed by atoms with Gasteiger partial charge < -0.3 is 10.6 Å². The maximum absolute atomic E-state index is 12.1. The van der Waals surface area contributed by atoms with Crippen LogP contribution in [0, 0.1) is 0 Å². The number of carbonyl (C=O) groups excluding carboxylic acids is 1. The van der Waals surface area contributed by atoms with E-state index in [0.29, 0.717) is 18.8 Å². The Kier molecular flexibility index (Phi) is 5.18. The lowest BCUT2D eigenvalue weighted by molar-refractivity contribution is 0.239. The molecule has 1 saturated carbocycles. The minimum Gasteiger partial charge on any atom is -0.337 e. The highest BCUT2D eigenvalue weighted by Gasteiger charge is 2.44. The molecule has 1 fully saturated rings. The molecular formula is C19H23N3O3S. The minimum absolute atomic E-state index is 0.0674. The maximum atomic E-state index is 12.1. The van der Waals surface area contributed by atoms with Crippen molar-refractivity contribution in [2.24, 2.45) is 0 Å². The number of nitrogens with one attached hydrogen (secondary N) is 3. The molecule has 1 aliphatic rings. The van der Waals surface area contributed by atoms with Gasteiger partial charge in [-0.25, -0.2) is 13.2 Å². The Morgan fingerprint density at radius 2 is 1.77 bits per heavy atom. The molecular weight excluding hydrogens is 350 g/mol. The topological polar surface area (TPSA) is 87.3 Å².